The van der Waals surface area contributed by atoms with Crippen LogP contribution in [0.2, 0.25) is 0 Å². The number of likely N-dealkylation sites (N-methyl/N-ethyl adjacent to an activating group) is 1. The van der Waals surface area contributed by atoms with Gasteiger partial charge in [0.05, 0.1) is 0 Å². The maximum absolute atomic E-state index is 10.3. The number of hydrogen-bond acceptors (Lipinski definition) is 3. The zero-order chi connectivity index (χ0) is 22.8. The molecule has 3 rings (SSSR count). The third-order valence-corrected chi connectivity index (χ3v) is 5.79. The molecule has 0 spiro atoms. The number of rotatable bonds is 11. The molecule has 32 heavy (non-hydrogen) atoms. The van der Waals surface area contributed by atoms with E-state index in [4.69, 9.17) is 4.74 Å². The molecule has 1 atom stereocenters. The van der Waals surface area contributed by atoms with Crippen LogP contribution in [0.15, 0.2) is 84.9 Å². The average molecular weight is 430 g/mol. The van der Waals surface area contributed by atoms with Gasteiger partial charge in [-0.05, 0) is 59.5 Å². The second-order valence-electron chi connectivity index (χ2n) is 7.91. The quantitative estimate of drug-likeness (QED) is 0.372. The summed E-state index contributed by atoms with van der Waals surface area (Å²) in [7, 11) is 0. The summed E-state index contributed by atoms with van der Waals surface area (Å²) in [6.45, 7) is 9.20. The van der Waals surface area contributed by atoms with Crippen LogP contribution in [0.4, 0.5) is 0 Å². The van der Waals surface area contributed by atoms with Crippen LogP contribution in [0, 0.1) is 0 Å². The van der Waals surface area contributed by atoms with E-state index in [1.54, 1.807) is 0 Å². The van der Waals surface area contributed by atoms with Crippen LogP contribution < -0.4 is 4.74 Å². The lowest BCUT2D eigenvalue weighted by Crippen LogP contribution is -2.35. The first-order valence-electron chi connectivity index (χ1n) is 11.6. The largest absolute Gasteiger partial charge is 0.491 e. The maximum Gasteiger partial charge on any atom is 0.119 e. The highest BCUT2D eigenvalue weighted by Crippen LogP contribution is 2.34. The highest BCUT2D eigenvalue weighted by Gasteiger charge is 2.14. The molecule has 0 aliphatic carbocycles. The molecule has 0 aromatic heterocycles. The van der Waals surface area contributed by atoms with Gasteiger partial charge in [-0.1, -0.05) is 93.6 Å². The molecule has 0 saturated carbocycles. The number of aliphatic hydroxyl groups is 1. The standard InChI is InChI=1S/C29H35NO2/c1-4-28(23-13-9-7-10-14-23)29(24-15-11-8-12-16-24)25-17-19-27(20-18-25)32-22-26(31)21-30(5-2)6-3/h7-20,26,31H,4-6,21-22H2,1-3H3/b29-28-. The van der Waals surface area contributed by atoms with Gasteiger partial charge in [-0.25, -0.2) is 0 Å². The molecule has 0 bridgehead atoms. The molecular weight excluding hydrogens is 394 g/mol. The molecule has 1 unspecified atom stereocenters. The van der Waals surface area contributed by atoms with Gasteiger partial charge in [0.25, 0.3) is 0 Å². The van der Waals surface area contributed by atoms with Gasteiger partial charge in [0.2, 0.25) is 0 Å². The van der Waals surface area contributed by atoms with E-state index in [1.165, 1.54) is 22.3 Å². The third kappa shape index (κ3) is 6.32. The summed E-state index contributed by atoms with van der Waals surface area (Å²) in [6.07, 6.45) is 0.434. The molecule has 0 radical (unpaired) electrons. The van der Waals surface area contributed by atoms with E-state index in [-0.39, 0.29) is 0 Å². The number of hydrogen-bond donors (Lipinski definition) is 1. The van der Waals surface area contributed by atoms with Crippen molar-refractivity contribution in [1.82, 2.24) is 4.90 Å². The second-order valence-corrected chi connectivity index (χ2v) is 7.91. The predicted molar refractivity (Wildman–Crippen MR) is 135 cm³/mol. The van der Waals surface area contributed by atoms with E-state index >= 15 is 0 Å². The van der Waals surface area contributed by atoms with Crippen LogP contribution >= 0.6 is 0 Å². The van der Waals surface area contributed by atoms with Crippen LogP contribution in [0.1, 0.15) is 43.9 Å². The van der Waals surface area contributed by atoms with Gasteiger partial charge in [-0.2, -0.15) is 0 Å². The minimum Gasteiger partial charge on any atom is -0.491 e. The SMILES string of the molecule is CC/C(=C(\c1ccccc1)c1ccc(OCC(O)CN(CC)CC)cc1)c1ccccc1. The zero-order valence-corrected chi connectivity index (χ0v) is 19.5. The van der Waals surface area contributed by atoms with Gasteiger partial charge in [0.1, 0.15) is 18.5 Å². The number of allylic oxidation sites excluding steroid dienone is 1. The molecule has 0 saturated heterocycles. The fourth-order valence-corrected chi connectivity index (χ4v) is 4.03. The van der Waals surface area contributed by atoms with Crippen molar-refractivity contribution in [3.63, 3.8) is 0 Å². The minimum absolute atomic E-state index is 0.293. The Morgan fingerprint density at radius 3 is 1.81 bits per heavy atom. The van der Waals surface area contributed by atoms with Crippen molar-refractivity contribution in [2.45, 2.75) is 33.3 Å². The second kappa shape index (κ2) is 12.2. The third-order valence-electron chi connectivity index (χ3n) is 5.79. The maximum atomic E-state index is 10.3. The highest BCUT2D eigenvalue weighted by atomic mass is 16.5. The van der Waals surface area contributed by atoms with E-state index < -0.39 is 6.10 Å². The van der Waals surface area contributed by atoms with Gasteiger partial charge in [0, 0.05) is 6.54 Å². The van der Waals surface area contributed by atoms with Crippen molar-refractivity contribution in [2.75, 3.05) is 26.2 Å². The van der Waals surface area contributed by atoms with Crippen LogP contribution in [-0.4, -0.2) is 42.4 Å². The van der Waals surface area contributed by atoms with E-state index in [0.717, 1.165) is 30.8 Å². The Morgan fingerprint density at radius 1 is 0.750 bits per heavy atom. The molecule has 0 aliphatic heterocycles. The fraction of sp³-hybridized carbons (Fsp3) is 0.310. The first-order valence-corrected chi connectivity index (χ1v) is 11.6. The Hall–Kier alpha value is -2.88. The van der Waals surface area contributed by atoms with Crippen molar-refractivity contribution >= 4 is 11.1 Å². The first-order chi connectivity index (χ1) is 15.7. The summed E-state index contributed by atoms with van der Waals surface area (Å²) in [5, 5.41) is 10.3. The lowest BCUT2D eigenvalue weighted by molar-refractivity contribution is 0.0716. The van der Waals surface area contributed by atoms with Crippen molar-refractivity contribution in [3.05, 3.63) is 102 Å². The summed E-state index contributed by atoms with van der Waals surface area (Å²) in [4.78, 5) is 2.20. The summed E-state index contributed by atoms with van der Waals surface area (Å²) in [6, 6.07) is 29.4. The van der Waals surface area contributed by atoms with Crippen LogP contribution in [0.25, 0.3) is 11.1 Å². The van der Waals surface area contributed by atoms with Crippen LogP contribution in [0.5, 0.6) is 5.75 Å². The summed E-state index contributed by atoms with van der Waals surface area (Å²) in [5.74, 6) is 0.775. The lowest BCUT2D eigenvalue weighted by atomic mass is 9.88. The van der Waals surface area contributed by atoms with Gasteiger partial charge in [0.15, 0.2) is 0 Å². The number of nitrogens with zero attached hydrogens (tertiary/aromatic N) is 1. The van der Waals surface area contributed by atoms with E-state index in [0.29, 0.717) is 13.2 Å². The van der Waals surface area contributed by atoms with Gasteiger partial charge in [-0.15, -0.1) is 0 Å². The summed E-state index contributed by atoms with van der Waals surface area (Å²) < 4.78 is 5.88. The molecule has 3 heteroatoms. The normalized spacial score (nSPS) is 13.0. The van der Waals surface area contributed by atoms with Crippen LogP contribution in [0.3, 0.4) is 0 Å². The summed E-state index contributed by atoms with van der Waals surface area (Å²) >= 11 is 0. The number of aliphatic hydroxyl groups excluding tert-OH is 1. The molecule has 0 aliphatic rings. The Balaban J connectivity index is 1.85. The molecule has 0 heterocycles. The van der Waals surface area contributed by atoms with E-state index in [1.807, 2.05) is 12.1 Å². The van der Waals surface area contributed by atoms with Gasteiger partial charge in [-0.3, -0.25) is 0 Å². The monoisotopic (exact) mass is 429 g/mol. The Morgan fingerprint density at radius 2 is 1.28 bits per heavy atom. The van der Waals surface area contributed by atoms with Crippen molar-refractivity contribution < 1.29 is 9.84 Å². The van der Waals surface area contributed by atoms with E-state index in [9.17, 15) is 5.11 Å². The molecule has 3 nitrogen and oxygen atoms in total. The minimum atomic E-state index is -0.501. The lowest BCUT2D eigenvalue weighted by Gasteiger charge is -2.22. The zero-order valence-electron chi connectivity index (χ0n) is 19.5. The van der Waals surface area contributed by atoms with Crippen molar-refractivity contribution in [3.8, 4) is 5.75 Å². The van der Waals surface area contributed by atoms with Crippen LogP contribution in [-0.2, 0) is 0 Å². The van der Waals surface area contributed by atoms with E-state index in [2.05, 4.69) is 98.5 Å². The number of ether oxygens (including phenoxy) is 1. The van der Waals surface area contributed by atoms with Crippen molar-refractivity contribution in [2.24, 2.45) is 0 Å². The molecule has 3 aromatic carbocycles. The Bertz CT molecular complexity index is 961. The molecule has 0 fully saturated rings. The molecule has 168 valence electrons. The molecule has 0 amide bonds. The van der Waals surface area contributed by atoms with Gasteiger partial charge >= 0.3 is 0 Å². The predicted octanol–water partition coefficient (Wildman–Crippen LogP) is 6.14. The number of benzene rings is 3. The molecular formula is C29H35NO2. The smallest absolute Gasteiger partial charge is 0.119 e. The molecule has 1 N–H and O–H groups in total. The fourth-order valence-electron chi connectivity index (χ4n) is 4.03. The topological polar surface area (TPSA) is 32.7 Å². The van der Waals surface area contributed by atoms with Crippen molar-refractivity contribution in [1.29, 1.82) is 0 Å². The first kappa shape index (κ1) is 23.8. The van der Waals surface area contributed by atoms with Gasteiger partial charge < -0.3 is 14.7 Å². The Labute approximate surface area is 193 Å². The highest BCUT2D eigenvalue weighted by molar-refractivity contribution is 5.98. The molecule has 3 aromatic rings. The summed E-state index contributed by atoms with van der Waals surface area (Å²) in [5.41, 5.74) is 6.17. The average Bonchev–Trinajstić information content (AvgIpc) is 2.86. The Kier molecular flexibility index (Phi) is 9.09.